The van der Waals surface area contributed by atoms with Crippen molar-refractivity contribution in [1.29, 1.82) is 0 Å². The fourth-order valence-corrected chi connectivity index (χ4v) is 4.12. The van der Waals surface area contributed by atoms with Crippen LogP contribution in [0.15, 0.2) is 48.5 Å². The van der Waals surface area contributed by atoms with Crippen molar-refractivity contribution in [3.63, 3.8) is 0 Å². The molecule has 6 heteroatoms. The van der Waals surface area contributed by atoms with E-state index < -0.39 is 5.97 Å². The van der Waals surface area contributed by atoms with Gasteiger partial charge in [-0.05, 0) is 48.6 Å². The summed E-state index contributed by atoms with van der Waals surface area (Å²) in [6.07, 6.45) is 1.91. The van der Waals surface area contributed by atoms with Crippen molar-refractivity contribution in [2.45, 2.75) is 32.4 Å². The van der Waals surface area contributed by atoms with Crippen molar-refractivity contribution in [3.8, 4) is 0 Å². The van der Waals surface area contributed by atoms with Gasteiger partial charge in [-0.1, -0.05) is 30.3 Å². The van der Waals surface area contributed by atoms with Crippen molar-refractivity contribution in [2.24, 2.45) is 5.92 Å². The van der Waals surface area contributed by atoms with E-state index in [2.05, 4.69) is 5.32 Å². The Kier molecular flexibility index (Phi) is 4.86. The minimum atomic E-state index is -0.876. The number of para-hydroxylation sites is 1. The van der Waals surface area contributed by atoms with Gasteiger partial charge in [0.2, 0.25) is 5.91 Å². The molecule has 0 spiro atoms. The minimum Gasteiger partial charge on any atom is -0.480 e. The second-order valence-electron chi connectivity index (χ2n) is 7.21. The lowest BCUT2D eigenvalue weighted by atomic mass is 9.85. The lowest BCUT2D eigenvalue weighted by Gasteiger charge is -2.23. The Balaban J connectivity index is 1.54. The summed E-state index contributed by atoms with van der Waals surface area (Å²) < 4.78 is 15.2. The first-order chi connectivity index (χ1) is 13.5. The molecule has 1 aliphatic rings. The number of aliphatic carboxylic acids is 1. The van der Waals surface area contributed by atoms with Gasteiger partial charge in [0.05, 0.1) is 0 Å². The summed E-state index contributed by atoms with van der Waals surface area (Å²) in [5.41, 5.74) is 3.70. The standard InChI is InChI=1S/C22H21FN2O3/c23-16-5-3-4-14(10-16)12-24-22(28)15-8-9-20-18(11-15)17-6-1-2-7-19(17)25(20)13-21(26)27/h1-7,10,15H,8-9,11-13H2,(H,24,28)(H,26,27). The van der Waals surface area contributed by atoms with Gasteiger partial charge in [0.25, 0.3) is 0 Å². The average molecular weight is 380 g/mol. The number of halogens is 1. The van der Waals surface area contributed by atoms with Crippen molar-refractivity contribution in [3.05, 3.63) is 71.2 Å². The normalized spacial score (nSPS) is 16.0. The Morgan fingerprint density at radius 1 is 1.18 bits per heavy atom. The summed E-state index contributed by atoms with van der Waals surface area (Å²) in [6.45, 7) is 0.215. The molecule has 0 saturated heterocycles. The number of nitrogens with one attached hydrogen (secondary N) is 1. The molecule has 1 heterocycles. The smallest absolute Gasteiger partial charge is 0.323 e. The van der Waals surface area contributed by atoms with Gasteiger partial charge in [0.1, 0.15) is 12.4 Å². The largest absolute Gasteiger partial charge is 0.480 e. The molecule has 5 nitrogen and oxygen atoms in total. The molecule has 1 unspecified atom stereocenters. The fourth-order valence-electron chi connectivity index (χ4n) is 4.12. The maximum absolute atomic E-state index is 13.3. The number of carboxylic acid groups (broad SMARTS) is 1. The van der Waals surface area contributed by atoms with E-state index in [0.717, 1.165) is 27.7 Å². The molecule has 1 atom stereocenters. The molecule has 0 aliphatic heterocycles. The Morgan fingerprint density at radius 3 is 2.79 bits per heavy atom. The van der Waals surface area contributed by atoms with E-state index in [4.69, 9.17) is 0 Å². The fraction of sp³-hybridized carbons (Fsp3) is 0.273. The molecule has 1 aliphatic carbocycles. The SMILES string of the molecule is O=C(O)Cn1c2c(c3ccccc31)CC(C(=O)NCc1cccc(F)c1)CC2. The van der Waals surface area contributed by atoms with E-state index in [-0.39, 0.29) is 24.2 Å². The third-order valence-corrected chi connectivity index (χ3v) is 5.39. The van der Waals surface area contributed by atoms with Crippen LogP contribution >= 0.6 is 0 Å². The molecule has 0 saturated carbocycles. The van der Waals surface area contributed by atoms with Gasteiger partial charge in [-0.3, -0.25) is 9.59 Å². The summed E-state index contributed by atoms with van der Waals surface area (Å²) in [4.78, 5) is 24.0. The molecule has 1 amide bonds. The van der Waals surface area contributed by atoms with Crippen LogP contribution in [0.3, 0.4) is 0 Å². The van der Waals surface area contributed by atoms with Crippen molar-refractivity contribution < 1.29 is 19.1 Å². The number of benzene rings is 2. The number of rotatable bonds is 5. The van der Waals surface area contributed by atoms with Gasteiger partial charge in [0.15, 0.2) is 0 Å². The van der Waals surface area contributed by atoms with Crippen LogP contribution < -0.4 is 5.32 Å². The van der Waals surface area contributed by atoms with Gasteiger partial charge in [-0.15, -0.1) is 0 Å². The van der Waals surface area contributed by atoms with Crippen LogP contribution in [0.4, 0.5) is 4.39 Å². The summed E-state index contributed by atoms with van der Waals surface area (Å²) in [6, 6.07) is 13.9. The second kappa shape index (κ2) is 7.46. The number of fused-ring (bicyclic) bond motifs is 3. The zero-order chi connectivity index (χ0) is 19.7. The lowest BCUT2D eigenvalue weighted by Crippen LogP contribution is -2.34. The molecular formula is C22H21FN2O3. The monoisotopic (exact) mass is 380 g/mol. The second-order valence-corrected chi connectivity index (χ2v) is 7.21. The molecule has 4 rings (SSSR count). The Bertz CT molecular complexity index is 1060. The number of hydrogen-bond donors (Lipinski definition) is 2. The number of hydrogen-bond acceptors (Lipinski definition) is 2. The number of nitrogens with zero attached hydrogens (tertiary/aromatic N) is 1. The van der Waals surface area contributed by atoms with Gasteiger partial charge in [-0.25, -0.2) is 4.39 Å². The van der Waals surface area contributed by atoms with Crippen molar-refractivity contribution in [2.75, 3.05) is 0 Å². The van der Waals surface area contributed by atoms with E-state index in [1.807, 2.05) is 28.8 Å². The molecule has 0 bridgehead atoms. The van der Waals surface area contributed by atoms with Gasteiger partial charge in [0, 0.05) is 29.1 Å². The molecule has 28 heavy (non-hydrogen) atoms. The Hall–Kier alpha value is -3.15. The minimum absolute atomic E-state index is 0.0509. The summed E-state index contributed by atoms with van der Waals surface area (Å²) >= 11 is 0. The summed E-state index contributed by atoms with van der Waals surface area (Å²) in [7, 11) is 0. The lowest BCUT2D eigenvalue weighted by molar-refractivity contribution is -0.137. The first-order valence-corrected chi connectivity index (χ1v) is 9.36. The van der Waals surface area contributed by atoms with E-state index >= 15 is 0 Å². The molecular weight excluding hydrogens is 359 g/mol. The Labute approximate surface area is 161 Å². The highest BCUT2D eigenvalue weighted by Crippen LogP contribution is 2.34. The average Bonchev–Trinajstić information content (AvgIpc) is 2.99. The number of carboxylic acids is 1. The van der Waals surface area contributed by atoms with Crippen molar-refractivity contribution in [1.82, 2.24) is 9.88 Å². The predicted molar refractivity (Wildman–Crippen MR) is 103 cm³/mol. The van der Waals surface area contributed by atoms with E-state index in [0.29, 0.717) is 25.8 Å². The van der Waals surface area contributed by atoms with E-state index in [1.165, 1.54) is 12.1 Å². The number of amides is 1. The van der Waals surface area contributed by atoms with E-state index in [1.54, 1.807) is 12.1 Å². The molecule has 0 radical (unpaired) electrons. The molecule has 3 aromatic rings. The summed E-state index contributed by atoms with van der Waals surface area (Å²) in [5.74, 6) is -1.42. The topological polar surface area (TPSA) is 71.3 Å². The third-order valence-electron chi connectivity index (χ3n) is 5.39. The van der Waals surface area contributed by atoms with Crippen molar-refractivity contribution >= 4 is 22.8 Å². The van der Waals surface area contributed by atoms with Gasteiger partial charge < -0.3 is 15.0 Å². The highest BCUT2D eigenvalue weighted by atomic mass is 19.1. The zero-order valence-electron chi connectivity index (χ0n) is 15.3. The van der Waals surface area contributed by atoms with Crippen LogP contribution in [0, 0.1) is 11.7 Å². The molecule has 144 valence electrons. The maximum atomic E-state index is 13.3. The quantitative estimate of drug-likeness (QED) is 0.714. The van der Waals surface area contributed by atoms with Crippen LogP contribution in [0.2, 0.25) is 0 Å². The van der Waals surface area contributed by atoms with Crippen LogP contribution in [0.5, 0.6) is 0 Å². The molecule has 0 fully saturated rings. The highest BCUT2D eigenvalue weighted by Gasteiger charge is 2.29. The maximum Gasteiger partial charge on any atom is 0.323 e. The first kappa shape index (κ1) is 18.2. The predicted octanol–water partition coefficient (Wildman–Crippen LogP) is 3.29. The first-order valence-electron chi connectivity index (χ1n) is 9.36. The Morgan fingerprint density at radius 2 is 2.00 bits per heavy atom. The van der Waals surface area contributed by atoms with Gasteiger partial charge >= 0.3 is 5.97 Å². The number of aromatic nitrogens is 1. The van der Waals surface area contributed by atoms with Crippen LogP contribution in [0.25, 0.3) is 10.9 Å². The van der Waals surface area contributed by atoms with Crippen LogP contribution in [-0.4, -0.2) is 21.6 Å². The third kappa shape index (κ3) is 3.50. The van der Waals surface area contributed by atoms with Gasteiger partial charge in [-0.2, -0.15) is 0 Å². The number of carbonyl (C=O) groups is 2. The molecule has 2 N–H and O–H groups in total. The molecule has 1 aromatic heterocycles. The van der Waals surface area contributed by atoms with Crippen LogP contribution in [0.1, 0.15) is 23.2 Å². The van der Waals surface area contributed by atoms with Crippen LogP contribution in [-0.2, 0) is 35.5 Å². The van der Waals surface area contributed by atoms with E-state index in [9.17, 15) is 19.1 Å². The summed E-state index contributed by atoms with van der Waals surface area (Å²) in [5, 5.41) is 13.2. The zero-order valence-corrected chi connectivity index (χ0v) is 15.3. The highest BCUT2D eigenvalue weighted by molar-refractivity contribution is 5.88. The molecule has 2 aromatic carbocycles. The number of carbonyl (C=O) groups excluding carboxylic acids is 1.